The van der Waals surface area contributed by atoms with Crippen molar-refractivity contribution in [1.82, 2.24) is 19.8 Å². The first-order valence-electron chi connectivity index (χ1n) is 15.5. The Labute approximate surface area is 257 Å². The van der Waals surface area contributed by atoms with Crippen LogP contribution in [0.15, 0.2) is 48.6 Å². The number of likely N-dealkylation sites (N-methyl/N-ethyl adjacent to an activating group) is 1. The SMILES string of the molecule is CN1CCCC1COc1nc2c(c(N3CCN(C(=O)/C=C/CF)C(CC#N)C3)n1)CCC(c1cc(O)cc3ccccc13)C2. The van der Waals surface area contributed by atoms with Gasteiger partial charge in [0.05, 0.1) is 24.2 Å². The van der Waals surface area contributed by atoms with Gasteiger partial charge in [-0.05, 0) is 86.2 Å². The number of nitrogens with zero attached hydrogens (tertiary/aromatic N) is 6. The number of aromatic nitrogens is 2. The van der Waals surface area contributed by atoms with E-state index in [1.54, 1.807) is 11.0 Å². The number of carbonyl (C=O) groups is 1. The van der Waals surface area contributed by atoms with Crippen molar-refractivity contribution < 1.29 is 19.0 Å². The Morgan fingerprint density at radius 3 is 2.84 bits per heavy atom. The Bertz CT molecular complexity index is 1590. The molecule has 0 spiro atoms. The van der Waals surface area contributed by atoms with E-state index in [-0.39, 0.29) is 30.0 Å². The number of hydrogen-bond acceptors (Lipinski definition) is 8. The molecule has 3 aromatic rings. The van der Waals surface area contributed by atoms with Gasteiger partial charge in [-0.15, -0.1) is 0 Å². The van der Waals surface area contributed by atoms with Crippen LogP contribution in [0, 0.1) is 11.3 Å². The second-order valence-corrected chi connectivity index (χ2v) is 12.1. The number of phenolic OH excluding ortho intramolecular Hbond substituents is 1. The van der Waals surface area contributed by atoms with Gasteiger partial charge >= 0.3 is 6.01 Å². The van der Waals surface area contributed by atoms with E-state index in [0.717, 1.165) is 65.6 Å². The number of hydrogen-bond donors (Lipinski definition) is 1. The standard InChI is InChI=1S/C34H39FN6O3/c1-39-15-5-7-26(39)22-44-34-37-31-19-24(30-20-27(42)18-23-6-2-3-8-28(23)30)10-11-29(31)33(38-34)40-16-17-41(25(21-40)12-14-36)32(43)9-4-13-35/h2-4,6,8-9,18,20,24-26,42H,5,7,10-13,15-17,19,21-22H2,1H3/b9-4+. The Kier molecular flexibility index (Phi) is 8.94. The minimum Gasteiger partial charge on any atom is -0.508 e. The quantitative estimate of drug-likeness (QED) is 0.377. The van der Waals surface area contributed by atoms with Gasteiger partial charge in [0.1, 0.15) is 24.8 Å². The van der Waals surface area contributed by atoms with Crippen LogP contribution >= 0.6 is 0 Å². The van der Waals surface area contributed by atoms with Gasteiger partial charge < -0.3 is 24.5 Å². The first-order valence-corrected chi connectivity index (χ1v) is 15.5. The van der Waals surface area contributed by atoms with E-state index >= 15 is 0 Å². The number of benzene rings is 2. The molecular formula is C34H39FN6O3. The summed E-state index contributed by atoms with van der Waals surface area (Å²) < 4.78 is 19.0. The topological polar surface area (TPSA) is 106 Å². The molecule has 2 aliphatic heterocycles. The summed E-state index contributed by atoms with van der Waals surface area (Å²) in [7, 11) is 2.11. The number of rotatable bonds is 8. The molecule has 1 aliphatic carbocycles. The molecule has 230 valence electrons. The molecule has 1 N–H and O–H groups in total. The Balaban J connectivity index is 1.32. The van der Waals surface area contributed by atoms with Gasteiger partial charge in [-0.2, -0.15) is 15.2 Å². The molecule has 3 unspecified atom stereocenters. The lowest BCUT2D eigenvalue weighted by Crippen LogP contribution is -2.55. The molecule has 2 aromatic carbocycles. The van der Waals surface area contributed by atoms with Crippen LogP contribution in [0.1, 0.15) is 48.4 Å². The zero-order valence-electron chi connectivity index (χ0n) is 25.2. The predicted octanol–water partition coefficient (Wildman–Crippen LogP) is 4.54. The first kappa shape index (κ1) is 29.8. The smallest absolute Gasteiger partial charge is 0.318 e. The third-order valence-corrected chi connectivity index (χ3v) is 9.37. The molecule has 0 bridgehead atoms. The number of anilines is 1. The van der Waals surface area contributed by atoms with Gasteiger partial charge in [-0.1, -0.05) is 24.3 Å². The molecule has 6 rings (SSSR count). The van der Waals surface area contributed by atoms with Crippen molar-refractivity contribution in [2.45, 2.75) is 56.5 Å². The number of allylic oxidation sites excluding steroid dienone is 1. The second kappa shape index (κ2) is 13.2. The maximum Gasteiger partial charge on any atom is 0.318 e. The summed E-state index contributed by atoms with van der Waals surface area (Å²) in [4.78, 5) is 28.8. The van der Waals surface area contributed by atoms with Crippen molar-refractivity contribution in [3.05, 3.63) is 65.4 Å². The van der Waals surface area contributed by atoms with Gasteiger partial charge in [0.15, 0.2) is 0 Å². The number of carbonyl (C=O) groups excluding carboxylic acids is 1. The van der Waals surface area contributed by atoms with E-state index < -0.39 is 6.67 Å². The van der Waals surface area contributed by atoms with Crippen molar-refractivity contribution in [3.8, 4) is 17.8 Å². The molecule has 44 heavy (non-hydrogen) atoms. The van der Waals surface area contributed by atoms with E-state index in [1.165, 1.54) is 12.2 Å². The molecule has 9 nitrogen and oxygen atoms in total. The van der Waals surface area contributed by atoms with Crippen LogP contribution in [0.2, 0.25) is 0 Å². The molecule has 3 aliphatic rings. The van der Waals surface area contributed by atoms with Gasteiger partial charge in [-0.25, -0.2) is 4.39 Å². The zero-order chi connectivity index (χ0) is 30.6. The molecule has 3 heterocycles. The Morgan fingerprint density at radius 1 is 1.18 bits per heavy atom. The molecule has 1 amide bonds. The summed E-state index contributed by atoms with van der Waals surface area (Å²) in [6, 6.07) is 14.4. The minimum atomic E-state index is -0.708. The number of piperazine rings is 1. The Morgan fingerprint density at radius 2 is 2.05 bits per heavy atom. The first-order chi connectivity index (χ1) is 21.4. The third-order valence-electron chi connectivity index (χ3n) is 9.37. The molecule has 3 atom stereocenters. The molecule has 10 heteroatoms. The van der Waals surface area contributed by atoms with E-state index in [9.17, 15) is 19.6 Å². The van der Waals surface area contributed by atoms with Crippen molar-refractivity contribution in [3.63, 3.8) is 0 Å². The van der Waals surface area contributed by atoms with E-state index in [4.69, 9.17) is 14.7 Å². The highest BCUT2D eigenvalue weighted by atomic mass is 19.1. The number of alkyl halides is 1. The summed E-state index contributed by atoms with van der Waals surface area (Å²) in [6.07, 6.45) is 7.16. The van der Waals surface area contributed by atoms with Crippen LogP contribution in [0.25, 0.3) is 10.8 Å². The fourth-order valence-corrected chi connectivity index (χ4v) is 7.05. The van der Waals surface area contributed by atoms with E-state index in [1.807, 2.05) is 24.3 Å². The number of halogens is 1. The molecule has 0 saturated carbocycles. The lowest BCUT2D eigenvalue weighted by Gasteiger charge is -2.42. The van der Waals surface area contributed by atoms with Crippen LogP contribution in [0.4, 0.5) is 10.2 Å². The number of phenols is 1. The number of likely N-dealkylation sites (tertiary alicyclic amines) is 1. The second-order valence-electron chi connectivity index (χ2n) is 12.1. The Hall–Kier alpha value is -4.23. The van der Waals surface area contributed by atoms with Gasteiger partial charge in [0.2, 0.25) is 5.91 Å². The largest absolute Gasteiger partial charge is 0.508 e. The number of nitriles is 1. The molecule has 0 radical (unpaired) electrons. The summed E-state index contributed by atoms with van der Waals surface area (Å²) in [5.41, 5.74) is 3.13. The lowest BCUT2D eigenvalue weighted by molar-refractivity contribution is -0.128. The summed E-state index contributed by atoms with van der Waals surface area (Å²) >= 11 is 0. The summed E-state index contributed by atoms with van der Waals surface area (Å²) in [5.74, 6) is 0.950. The summed E-state index contributed by atoms with van der Waals surface area (Å²) in [6.45, 7) is 2.23. The monoisotopic (exact) mass is 598 g/mol. The maximum absolute atomic E-state index is 12.8. The minimum absolute atomic E-state index is 0.166. The predicted molar refractivity (Wildman–Crippen MR) is 167 cm³/mol. The van der Waals surface area contributed by atoms with Crippen molar-refractivity contribution in [2.75, 3.05) is 51.4 Å². The van der Waals surface area contributed by atoms with Crippen LogP contribution in [0.5, 0.6) is 11.8 Å². The van der Waals surface area contributed by atoms with Crippen molar-refractivity contribution in [2.24, 2.45) is 0 Å². The molecule has 2 fully saturated rings. The molecule has 1 aromatic heterocycles. The van der Waals surface area contributed by atoms with Crippen molar-refractivity contribution in [1.29, 1.82) is 5.26 Å². The fourth-order valence-electron chi connectivity index (χ4n) is 7.05. The average Bonchev–Trinajstić information content (AvgIpc) is 3.45. The van der Waals surface area contributed by atoms with Crippen LogP contribution in [-0.2, 0) is 17.6 Å². The average molecular weight is 599 g/mol. The normalized spacial score (nSPS) is 22.3. The number of ether oxygens (including phenoxy) is 1. The van der Waals surface area contributed by atoms with Crippen molar-refractivity contribution >= 4 is 22.5 Å². The van der Waals surface area contributed by atoms with E-state index in [2.05, 4.69) is 29.0 Å². The summed E-state index contributed by atoms with van der Waals surface area (Å²) in [5, 5.41) is 22.2. The highest BCUT2D eigenvalue weighted by Gasteiger charge is 2.34. The number of aromatic hydroxyl groups is 1. The van der Waals surface area contributed by atoms with Crippen LogP contribution in [-0.4, -0.2) is 89.4 Å². The highest BCUT2D eigenvalue weighted by molar-refractivity contribution is 5.88. The van der Waals surface area contributed by atoms with Gasteiger partial charge in [-0.3, -0.25) is 4.79 Å². The zero-order valence-corrected chi connectivity index (χ0v) is 25.2. The van der Waals surface area contributed by atoms with Gasteiger partial charge in [0.25, 0.3) is 0 Å². The number of amides is 1. The van der Waals surface area contributed by atoms with E-state index in [0.29, 0.717) is 44.7 Å². The van der Waals surface area contributed by atoms with Crippen LogP contribution in [0.3, 0.4) is 0 Å². The molecule has 2 saturated heterocycles. The lowest BCUT2D eigenvalue weighted by atomic mass is 9.80. The highest BCUT2D eigenvalue weighted by Crippen LogP contribution is 2.40. The third kappa shape index (κ3) is 6.20. The molecular weight excluding hydrogens is 559 g/mol. The fraction of sp³-hybridized carbons (Fsp3) is 0.471. The van der Waals surface area contributed by atoms with Crippen LogP contribution < -0.4 is 9.64 Å². The van der Waals surface area contributed by atoms with Gasteiger partial charge in [0, 0.05) is 37.3 Å². The maximum atomic E-state index is 12.8. The number of fused-ring (bicyclic) bond motifs is 2.